The van der Waals surface area contributed by atoms with Gasteiger partial charge in [-0.3, -0.25) is 4.79 Å². The summed E-state index contributed by atoms with van der Waals surface area (Å²) in [6.07, 6.45) is 1.82. The van der Waals surface area contributed by atoms with Crippen LogP contribution in [0.5, 0.6) is 0 Å². The molecule has 0 radical (unpaired) electrons. The van der Waals surface area contributed by atoms with Gasteiger partial charge in [-0.05, 0) is 20.8 Å². The third-order valence-electron chi connectivity index (χ3n) is 2.06. The Labute approximate surface area is 80.6 Å². The predicted octanol–water partition coefficient (Wildman–Crippen LogP) is 0.923. The van der Waals surface area contributed by atoms with E-state index in [9.17, 15) is 4.79 Å². The van der Waals surface area contributed by atoms with E-state index in [-0.39, 0.29) is 17.4 Å². The second-order valence-electron chi connectivity index (χ2n) is 3.87. The second kappa shape index (κ2) is 5.02. The number of hydrogen-bond acceptors (Lipinski definition) is 2. The Bertz CT molecular complexity index is 187. The van der Waals surface area contributed by atoms with Crippen molar-refractivity contribution in [3.8, 4) is 0 Å². The van der Waals surface area contributed by atoms with Crippen molar-refractivity contribution in [2.75, 3.05) is 13.6 Å². The smallest absolute Gasteiger partial charge is 0.226 e. The lowest BCUT2D eigenvalue weighted by atomic mass is 9.92. The summed E-state index contributed by atoms with van der Waals surface area (Å²) in [5, 5.41) is 5.85. The number of rotatable bonds is 5. The summed E-state index contributed by atoms with van der Waals surface area (Å²) in [6, 6.07) is 0.240. The van der Waals surface area contributed by atoms with Crippen molar-refractivity contribution < 1.29 is 4.79 Å². The number of carbonyl (C=O) groups excluding carboxylic acids is 1. The molecule has 0 aromatic heterocycles. The van der Waals surface area contributed by atoms with E-state index in [4.69, 9.17) is 0 Å². The maximum Gasteiger partial charge on any atom is 0.226 e. The molecule has 2 N–H and O–H groups in total. The number of hydrogen-bond donors (Lipinski definition) is 2. The van der Waals surface area contributed by atoms with Crippen LogP contribution in [-0.2, 0) is 4.79 Å². The molecule has 0 aliphatic carbocycles. The quantitative estimate of drug-likeness (QED) is 0.624. The summed E-state index contributed by atoms with van der Waals surface area (Å²) >= 11 is 0. The van der Waals surface area contributed by atoms with Crippen LogP contribution in [0.25, 0.3) is 0 Å². The van der Waals surface area contributed by atoms with Gasteiger partial charge in [0.25, 0.3) is 0 Å². The summed E-state index contributed by atoms with van der Waals surface area (Å²) < 4.78 is 0. The van der Waals surface area contributed by atoms with E-state index in [1.807, 2.05) is 26.8 Å². The van der Waals surface area contributed by atoms with Crippen LogP contribution in [0.2, 0.25) is 0 Å². The van der Waals surface area contributed by atoms with Gasteiger partial charge in [-0.1, -0.05) is 6.08 Å². The van der Waals surface area contributed by atoms with E-state index in [0.29, 0.717) is 6.54 Å². The molecule has 3 heteroatoms. The summed E-state index contributed by atoms with van der Waals surface area (Å²) in [7, 11) is 1.65. The lowest BCUT2D eigenvalue weighted by molar-refractivity contribution is -0.128. The lowest BCUT2D eigenvalue weighted by Crippen LogP contribution is -2.43. The molecule has 0 spiro atoms. The first-order valence-electron chi connectivity index (χ1n) is 4.52. The molecule has 0 aliphatic heterocycles. The molecule has 0 bridgehead atoms. The summed E-state index contributed by atoms with van der Waals surface area (Å²) in [6.45, 7) is 10.1. The Morgan fingerprint density at radius 1 is 1.62 bits per heavy atom. The molecule has 0 rings (SSSR count). The van der Waals surface area contributed by atoms with Crippen molar-refractivity contribution >= 4 is 5.91 Å². The van der Waals surface area contributed by atoms with Gasteiger partial charge in [-0.15, -0.1) is 6.58 Å². The second-order valence-corrected chi connectivity index (χ2v) is 3.87. The Balaban J connectivity index is 4.02. The van der Waals surface area contributed by atoms with Gasteiger partial charge in [0.1, 0.15) is 0 Å². The fourth-order valence-electron chi connectivity index (χ4n) is 0.918. The van der Waals surface area contributed by atoms with Crippen molar-refractivity contribution in [1.29, 1.82) is 0 Å². The van der Waals surface area contributed by atoms with E-state index in [0.717, 1.165) is 0 Å². The van der Waals surface area contributed by atoms with Crippen molar-refractivity contribution in [2.45, 2.75) is 26.8 Å². The van der Waals surface area contributed by atoms with Crippen LogP contribution in [0.1, 0.15) is 20.8 Å². The minimum atomic E-state index is -0.369. The first-order chi connectivity index (χ1) is 5.94. The van der Waals surface area contributed by atoms with E-state index in [2.05, 4.69) is 17.2 Å². The van der Waals surface area contributed by atoms with Crippen molar-refractivity contribution in [2.24, 2.45) is 5.41 Å². The van der Waals surface area contributed by atoms with E-state index >= 15 is 0 Å². The zero-order chi connectivity index (χ0) is 10.5. The Morgan fingerprint density at radius 2 is 2.15 bits per heavy atom. The molecule has 13 heavy (non-hydrogen) atoms. The normalized spacial score (nSPS) is 13.5. The van der Waals surface area contributed by atoms with Crippen LogP contribution in [-0.4, -0.2) is 25.5 Å². The maximum atomic E-state index is 11.4. The number of amides is 1. The average molecular weight is 184 g/mol. The third kappa shape index (κ3) is 4.08. The molecular weight excluding hydrogens is 164 g/mol. The van der Waals surface area contributed by atoms with Gasteiger partial charge in [0.05, 0.1) is 5.41 Å². The largest absolute Gasteiger partial charge is 0.359 e. The molecule has 0 fully saturated rings. The van der Waals surface area contributed by atoms with Gasteiger partial charge < -0.3 is 10.6 Å². The van der Waals surface area contributed by atoms with Crippen molar-refractivity contribution in [3.63, 3.8) is 0 Å². The van der Waals surface area contributed by atoms with Crippen molar-refractivity contribution in [1.82, 2.24) is 10.6 Å². The summed E-state index contributed by atoms with van der Waals surface area (Å²) in [5.74, 6) is 0.0521. The van der Waals surface area contributed by atoms with Gasteiger partial charge in [0.2, 0.25) is 5.91 Å². The molecule has 0 aromatic rings. The molecule has 1 atom stereocenters. The SMILES string of the molecule is C=CC(C)NCC(C)(C)C(=O)NC. The molecule has 3 nitrogen and oxygen atoms in total. The van der Waals surface area contributed by atoms with Crippen LogP contribution >= 0.6 is 0 Å². The fourth-order valence-corrected chi connectivity index (χ4v) is 0.918. The van der Waals surface area contributed by atoms with Gasteiger partial charge >= 0.3 is 0 Å². The van der Waals surface area contributed by atoms with E-state index in [1.165, 1.54) is 0 Å². The molecule has 1 amide bonds. The van der Waals surface area contributed by atoms with Gasteiger partial charge in [-0.25, -0.2) is 0 Å². The molecule has 0 aromatic carbocycles. The minimum absolute atomic E-state index is 0.0521. The maximum absolute atomic E-state index is 11.4. The molecular formula is C10H20N2O. The highest BCUT2D eigenvalue weighted by Gasteiger charge is 2.26. The highest BCUT2D eigenvalue weighted by atomic mass is 16.2. The Kier molecular flexibility index (Phi) is 4.70. The Morgan fingerprint density at radius 3 is 2.54 bits per heavy atom. The standard InChI is InChI=1S/C10H20N2O/c1-6-8(2)12-7-10(3,4)9(13)11-5/h6,8,12H,1,7H2,2-5H3,(H,11,13). The predicted molar refractivity (Wildman–Crippen MR) is 55.5 cm³/mol. The van der Waals surface area contributed by atoms with Crippen LogP contribution in [0.15, 0.2) is 12.7 Å². The highest BCUT2D eigenvalue weighted by Crippen LogP contribution is 2.13. The molecule has 0 saturated heterocycles. The lowest BCUT2D eigenvalue weighted by Gasteiger charge is -2.24. The Hall–Kier alpha value is -0.830. The first-order valence-corrected chi connectivity index (χ1v) is 4.52. The number of nitrogens with one attached hydrogen (secondary N) is 2. The average Bonchev–Trinajstić information content (AvgIpc) is 2.12. The van der Waals surface area contributed by atoms with Crippen LogP contribution in [0, 0.1) is 5.41 Å². The minimum Gasteiger partial charge on any atom is -0.359 e. The van der Waals surface area contributed by atoms with E-state index < -0.39 is 0 Å². The zero-order valence-electron chi connectivity index (χ0n) is 8.98. The topological polar surface area (TPSA) is 41.1 Å². The highest BCUT2D eigenvalue weighted by molar-refractivity contribution is 5.81. The van der Waals surface area contributed by atoms with Gasteiger partial charge in [0, 0.05) is 19.6 Å². The van der Waals surface area contributed by atoms with Crippen molar-refractivity contribution in [3.05, 3.63) is 12.7 Å². The molecule has 0 aliphatic rings. The molecule has 76 valence electrons. The fraction of sp³-hybridized carbons (Fsp3) is 0.700. The third-order valence-corrected chi connectivity index (χ3v) is 2.06. The monoisotopic (exact) mass is 184 g/mol. The van der Waals surface area contributed by atoms with Gasteiger partial charge in [0.15, 0.2) is 0 Å². The zero-order valence-corrected chi connectivity index (χ0v) is 8.98. The molecule has 0 heterocycles. The molecule has 0 saturated carbocycles. The first kappa shape index (κ1) is 12.2. The summed E-state index contributed by atoms with van der Waals surface area (Å²) in [4.78, 5) is 11.4. The number of carbonyl (C=O) groups is 1. The van der Waals surface area contributed by atoms with Gasteiger partial charge in [-0.2, -0.15) is 0 Å². The van der Waals surface area contributed by atoms with Crippen LogP contribution in [0.3, 0.4) is 0 Å². The van der Waals surface area contributed by atoms with E-state index in [1.54, 1.807) is 7.05 Å². The van der Waals surface area contributed by atoms with Crippen LogP contribution in [0.4, 0.5) is 0 Å². The molecule has 1 unspecified atom stereocenters. The van der Waals surface area contributed by atoms with Crippen LogP contribution < -0.4 is 10.6 Å². The summed E-state index contributed by atoms with van der Waals surface area (Å²) in [5.41, 5.74) is -0.369.